The topological polar surface area (TPSA) is 38.9 Å². The Labute approximate surface area is 182 Å². The first kappa shape index (κ1) is 18.0. The molecule has 0 aliphatic rings. The van der Waals surface area contributed by atoms with Crippen LogP contribution in [0.5, 0.6) is 0 Å². The number of hydrogen-bond donors (Lipinski definition) is 0. The maximum absolute atomic E-state index is 5.91. The zero-order valence-corrected chi connectivity index (χ0v) is 18.9. The number of furan rings is 1. The predicted octanol–water partition coefficient (Wildman–Crippen LogP) is 8.08. The fraction of sp³-hybridized carbons (Fsp3) is 0.200. The van der Waals surface area contributed by atoms with Gasteiger partial charge < -0.3 is 4.42 Å². The maximum atomic E-state index is 5.91. The summed E-state index contributed by atoms with van der Waals surface area (Å²) in [7, 11) is 0. The van der Waals surface area contributed by atoms with Gasteiger partial charge in [0.25, 0.3) is 0 Å². The molecule has 5 heteroatoms. The molecule has 148 valence electrons. The lowest BCUT2D eigenvalue weighted by molar-refractivity contribution is 0.597. The zero-order valence-electron chi connectivity index (χ0n) is 17.2. The smallest absolute Gasteiger partial charge is 0.152 e. The number of aromatic nitrogens is 2. The van der Waals surface area contributed by atoms with E-state index in [9.17, 15) is 0 Å². The van der Waals surface area contributed by atoms with Crippen LogP contribution in [0.4, 0.5) is 0 Å². The molecule has 3 nitrogen and oxygen atoms in total. The van der Waals surface area contributed by atoms with Crippen LogP contribution < -0.4 is 0 Å². The summed E-state index contributed by atoms with van der Waals surface area (Å²) in [6, 6.07) is 11.1. The first-order chi connectivity index (χ1) is 14.4. The Morgan fingerprint density at radius 3 is 2.63 bits per heavy atom. The lowest BCUT2D eigenvalue weighted by Gasteiger charge is -2.21. The largest absolute Gasteiger partial charge is 0.463 e. The summed E-state index contributed by atoms with van der Waals surface area (Å²) in [6.45, 7) is 8.91. The summed E-state index contributed by atoms with van der Waals surface area (Å²) in [5.41, 5.74) is 5.66. The van der Waals surface area contributed by atoms with Crippen molar-refractivity contribution < 1.29 is 4.42 Å². The van der Waals surface area contributed by atoms with Crippen LogP contribution in [0.2, 0.25) is 0 Å². The summed E-state index contributed by atoms with van der Waals surface area (Å²) in [6.07, 6.45) is 3.52. The van der Waals surface area contributed by atoms with E-state index in [2.05, 4.69) is 68.4 Å². The van der Waals surface area contributed by atoms with Gasteiger partial charge in [0.15, 0.2) is 5.58 Å². The molecule has 4 aromatic heterocycles. The van der Waals surface area contributed by atoms with Crippen molar-refractivity contribution in [2.75, 3.05) is 0 Å². The quantitative estimate of drug-likeness (QED) is 0.266. The van der Waals surface area contributed by atoms with Gasteiger partial charge >= 0.3 is 0 Å². The van der Waals surface area contributed by atoms with Crippen molar-refractivity contribution in [3.63, 3.8) is 0 Å². The summed E-state index contributed by atoms with van der Waals surface area (Å²) in [5.74, 6) is 0. The Morgan fingerprint density at radius 2 is 1.80 bits per heavy atom. The van der Waals surface area contributed by atoms with Crippen LogP contribution in [0.25, 0.3) is 52.6 Å². The molecule has 0 bridgehead atoms. The lowest BCUT2D eigenvalue weighted by atomic mass is 9.85. The minimum atomic E-state index is 0.0554. The molecular formula is C25H20N2OS2. The maximum Gasteiger partial charge on any atom is 0.152 e. The number of hydrogen-bond acceptors (Lipinski definition) is 5. The molecule has 0 amide bonds. The average molecular weight is 429 g/mol. The van der Waals surface area contributed by atoms with Crippen LogP contribution in [0.3, 0.4) is 0 Å². The molecule has 0 N–H and O–H groups in total. The van der Waals surface area contributed by atoms with Crippen molar-refractivity contribution in [1.29, 1.82) is 0 Å². The molecule has 2 aromatic carbocycles. The van der Waals surface area contributed by atoms with Crippen LogP contribution in [0.1, 0.15) is 31.9 Å². The van der Waals surface area contributed by atoms with Crippen molar-refractivity contribution in [2.45, 2.75) is 33.1 Å². The van der Waals surface area contributed by atoms with E-state index in [1.54, 1.807) is 17.7 Å². The monoisotopic (exact) mass is 428 g/mol. The summed E-state index contributed by atoms with van der Waals surface area (Å²) in [5, 5.41) is 6.89. The van der Waals surface area contributed by atoms with E-state index in [1.165, 1.54) is 21.0 Å². The minimum absolute atomic E-state index is 0.0554. The van der Waals surface area contributed by atoms with Gasteiger partial charge in [-0.3, -0.25) is 0 Å². The highest BCUT2D eigenvalue weighted by Crippen LogP contribution is 2.44. The third-order valence-electron chi connectivity index (χ3n) is 5.80. The summed E-state index contributed by atoms with van der Waals surface area (Å²) in [4.78, 5) is 10.4. The Balaban J connectivity index is 1.72. The van der Waals surface area contributed by atoms with Crippen molar-refractivity contribution in [2.24, 2.45) is 0 Å². The highest BCUT2D eigenvalue weighted by molar-refractivity contribution is 7.26. The summed E-state index contributed by atoms with van der Waals surface area (Å²) < 4.78 is 8.42. The average Bonchev–Trinajstić information content (AvgIpc) is 3.42. The number of rotatable bonds is 1. The molecule has 6 rings (SSSR count). The van der Waals surface area contributed by atoms with Gasteiger partial charge in [-0.1, -0.05) is 32.9 Å². The SMILES string of the molecule is Cc1coc2c1ccc1c2sc2ncnc(-c3cc(C(C)(C)C)c4sccc4c3)c21. The Kier molecular flexibility index (Phi) is 3.68. The van der Waals surface area contributed by atoms with Crippen molar-refractivity contribution in [3.05, 3.63) is 59.4 Å². The second-order valence-electron chi connectivity index (χ2n) is 8.85. The van der Waals surface area contributed by atoms with Crippen LogP contribution in [0.15, 0.2) is 52.7 Å². The standard InChI is InChI=1S/C25H20N2OS2/c1-13-11-28-21-16(13)5-6-17-19-20(26-12-27-24(19)30-23(17)21)15-9-14-7-8-29-22(14)18(10-15)25(2,3)4/h5-12H,1-4H3. The van der Waals surface area contributed by atoms with Crippen molar-refractivity contribution in [3.8, 4) is 11.3 Å². The van der Waals surface area contributed by atoms with E-state index < -0.39 is 0 Å². The van der Waals surface area contributed by atoms with Crippen LogP contribution >= 0.6 is 22.7 Å². The number of fused-ring (bicyclic) bond motifs is 6. The normalized spacial score (nSPS) is 12.7. The van der Waals surface area contributed by atoms with Gasteiger partial charge in [-0.05, 0) is 52.4 Å². The highest BCUT2D eigenvalue weighted by atomic mass is 32.1. The minimum Gasteiger partial charge on any atom is -0.463 e. The van der Waals surface area contributed by atoms with Gasteiger partial charge in [0.05, 0.1) is 16.7 Å². The van der Waals surface area contributed by atoms with Gasteiger partial charge in [-0.25, -0.2) is 9.97 Å². The molecule has 0 aliphatic heterocycles. The van der Waals surface area contributed by atoms with E-state index in [1.807, 2.05) is 17.6 Å². The molecule has 0 radical (unpaired) electrons. The molecule has 0 saturated carbocycles. The Bertz CT molecular complexity index is 1590. The third kappa shape index (κ3) is 2.49. The van der Waals surface area contributed by atoms with Crippen molar-refractivity contribution in [1.82, 2.24) is 9.97 Å². The molecule has 0 atom stereocenters. The van der Waals surface area contributed by atoms with E-state index in [4.69, 9.17) is 9.40 Å². The number of benzene rings is 2. The van der Waals surface area contributed by atoms with Crippen LogP contribution in [-0.4, -0.2) is 9.97 Å². The second kappa shape index (κ2) is 6.13. The van der Waals surface area contributed by atoms with Crippen LogP contribution in [0, 0.1) is 6.92 Å². The Hall–Kier alpha value is -2.76. The molecule has 0 fully saturated rings. The zero-order chi connectivity index (χ0) is 20.6. The molecule has 0 spiro atoms. The van der Waals surface area contributed by atoms with E-state index in [-0.39, 0.29) is 5.41 Å². The highest BCUT2D eigenvalue weighted by Gasteiger charge is 2.22. The third-order valence-corrected chi connectivity index (χ3v) is 7.88. The molecular weight excluding hydrogens is 408 g/mol. The Morgan fingerprint density at radius 1 is 0.967 bits per heavy atom. The van der Waals surface area contributed by atoms with Crippen molar-refractivity contribution >= 4 is 64.0 Å². The fourth-order valence-electron chi connectivity index (χ4n) is 4.28. The molecule has 0 unspecified atom stereocenters. The molecule has 4 heterocycles. The number of nitrogens with zero attached hydrogens (tertiary/aromatic N) is 2. The molecule has 6 aromatic rings. The first-order valence-electron chi connectivity index (χ1n) is 9.98. The van der Waals surface area contributed by atoms with Gasteiger partial charge in [0.2, 0.25) is 0 Å². The predicted molar refractivity (Wildman–Crippen MR) is 129 cm³/mol. The molecule has 0 saturated heterocycles. The van der Waals surface area contributed by atoms with Gasteiger partial charge in [0.1, 0.15) is 11.2 Å². The van der Waals surface area contributed by atoms with Crippen LogP contribution in [-0.2, 0) is 5.41 Å². The first-order valence-corrected chi connectivity index (χ1v) is 11.7. The lowest BCUT2D eigenvalue weighted by Crippen LogP contribution is -2.11. The van der Waals surface area contributed by atoms with Gasteiger partial charge in [0, 0.05) is 26.4 Å². The molecule has 30 heavy (non-hydrogen) atoms. The fourth-order valence-corrected chi connectivity index (χ4v) is 6.52. The van der Waals surface area contributed by atoms with E-state index in [0.29, 0.717) is 0 Å². The van der Waals surface area contributed by atoms with Gasteiger partial charge in [-0.2, -0.15) is 0 Å². The van der Waals surface area contributed by atoms with E-state index in [0.717, 1.165) is 42.7 Å². The number of aryl methyl sites for hydroxylation is 1. The van der Waals surface area contributed by atoms with Gasteiger partial charge in [-0.15, -0.1) is 22.7 Å². The van der Waals surface area contributed by atoms with E-state index >= 15 is 0 Å². The number of thiophene rings is 2. The second-order valence-corrected chi connectivity index (χ2v) is 10.8. The molecule has 0 aliphatic carbocycles. The summed E-state index contributed by atoms with van der Waals surface area (Å²) >= 11 is 3.50.